The molecule has 2 aromatic rings. The Kier molecular flexibility index (Phi) is 3.73. The molecular formula is C12H8BrClF2N2. The smallest absolute Gasteiger partial charge is 0.150 e. The van der Waals surface area contributed by atoms with Crippen LogP contribution in [-0.2, 0) is 0 Å². The first-order chi connectivity index (χ1) is 8.47. The van der Waals surface area contributed by atoms with Crippen LogP contribution in [0.2, 0.25) is 5.02 Å². The van der Waals surface area contributed by atoms with Crippen LogP contribution >= 0.6 is 27.5 Å². The second-order valence-corrected chi connectivity index (χ2v) is 4.93. The van der Waals surface area contributed by atoms with Gasteiger partial charge in [0.2, 0.25) is 0 Å². The number of hydrogen-bond acceptors (Lipinski definition) is 2. The maximum atomic E-state index is 13.6. The molecule has 2 aromatic carbocycles. The summed E-state index contributed by atoms with van der Waals surface area (Å²) in [5.74, 6) is -1.43. The quantitative estimate of drug-likeness (QED) is 0.781. The van der Waals surface area contributed by atoms with Crippen LogP contribution in [0.25, 0.3) is 0 Å². The van der Waals surface area contributed by atoms with Gasteiger partial charge in [-0.3, -0.25) is 0 Å². The highest BCUT2D eigenvalue weighted by molar-refractivity contribution is 9.10. The molecule has 0 fully saturated rings. The molecule has 0 aromatic heterocycles. The Bertz CT molecular complexity index is 582. The Labute approximate surface area is 116 Å². The molecule has 94 valence electrons. The van der Waals surface area contributed by atoms with Crippen LogP contribution in [0.15, 0.2) is 34.8 Å². The van der Waals surface area contributed by atoms with Gasteiger partial charge in [-0.15, -0.1) is 0 Å². The van der Waals surface area contributed by atoms with Crippen LogP contribution in [0.4, 0.5) is 25.8 Å². The highest BCUT2D eigenvalue weighted by atomic mass is 79.9. The minimum Gasteiger partial charge on any atom is -0.399 e. The molecule has 0 amide bonds. The standard InChI is InChI=1S/C12H8BrClF2N2/c13-6-3-9(15)12(10(16)4-6)18-11-2-1-7(17)5-8(11)14/h1-5,18H,17H2. The van der Waals surface area contributed by atoms with Crippen molar-refractivity contribution >= 4 is 44.6 Å². The second kappa shape index (κ2) is 5.12. The third-order valence-corrected chi connectivity index (χ3v) is 3.03. The largest absolute Gasteiger partial charge is 0.399 e. The van der Waals surface area contributed by atoms with Gasteiger partial charge in [-0.2, -0.15) is 0 Å². The van der Waals surface area contributed by atoms with Crippen molar-refractivity contribution in [1.82, 2.24) is 0 Å². The van der Waals surface area contributed by atoms with Crippen molar-refractivity contribution in [2.24, 2.45) is 0 Å². The summed E-state index contributed by atoms with van der Waals surface area (Å²) in [6.07, 6.45) is 0. The van der Waals surface area contributed by atoms with E-state index in [1.165, 1.54) is 6.07 Å². The average Bonchev–Trinajstić information content (AvgIpc) is 2.25. The summed E-state index contributed by atoms with van der Waals surface area (Å²) < 4.78 is 27.5. The van der Waals surface area contributed by atoms with Crippen LogP contribution in [0.5, 0.6) is 0 Å². The summed E-state index contributed by atoms with van der Waals surface area (Å²) in [4.78, 5) is 0. The Morgan fingerprint density at radius 1 is 1.11 bits per heavy atom. The van der Waals surface area contributed by atoms with Crippen molar-refractivity contribution in [2.45, 2.75) is 0 Å². The molecular weight excluding hydrogens is 325 g/mol. The molecule has 0 unspecified atom stereocenters. The van der Waals surface area contributed by atoms with E-state index in [0.29, 0.717) is 15.8 Å². The topological polar surface area (TPSA) is 38.0 Å². The average molecular weight is 334 g/mol. The van der Waals surface area contributed by atoms with Crippen molar-refractivity contribution in [3.63, 3.8) is 0 Å². The SMILES string of the molecule is Nc1ccc(Nc2c(F)cc(Br)cc2F)c(Cl)c1. The molecule has 0 aliphatic heterocycles. The number of nitrogen functional groups attached to an aromatic ring is 1. The van der Waals surface area contributed by atoms with Crippen molar-refractivity contribution in [3.05, 3.63) is 51.5 Å². The lowest BCUT2D eigenvalue weighted by Gasteiger charge is -2.11. The maximum absolute atomic E-state index is 13.6. The van der Waals surface area contributed by atoms with Crippen LogP contribution in [0.1, 0.15) is 0 Å². The summed E-state index contributed by atoms with van der Waals surface area (Å²) in [5, 5.41) is 2.89. The van der Waals surface area contributed by atoms with Crippen molar-refractivity contribution in [1.29, 1.82) is 0 Å². The number of halogens is 4. The Balaban J connectivity index is 2.40. The first-order valence-electron chi connectivity index (χ1n) is 4.94. The van der Waals surface area contributed by atoms with Gasteiger partial charge in [-0.05, 0) is 30.3 Å². The van der Waals surface area contributed by atoms with Gasteiger partial charge in [0.05, 0.1) is 10.7 Å². The molecule has 0 atom stereocenters. The predicted molar refractivity (Wildman–Crippen MR) is 73.2 cm³/mol. The van der Waals surface area contributed by atoms with Crippen molar-refractivity contribution < 1.29 is 8.78 Å². The maximum Gasteiger partial charge on any atom is 0.150 e. The van der Waals surface area contributed by atoms with Gasteiger partial charge in [0.15, 0.2) is 11.6 Å². The number of benzene rings is 2. The third-order valence-electron chi connectivity index (χ3n) is 2.26. The summed E-state index contributed by atoms with van der Waals surface area (Å²) in [5.41, 5.74) is 6.13. The van der Waals surface area contributed by atoms with Crippen LogP contribution in [0, 0.1) is 11.6 Å². The van der Waals surface area contributed by atoms with Crippen LogP contribution in [0.3, 0.4) is 0 Å². The molecule has 0 aliphatic rings. The molecule has 6 heteroatoms. The molecule has 0 saturated carbocycles. The number of nitrogens with two attached hydrogens (primary N) is 1. The molecule has 2 rings (SSSR count). The number of anilines is 3. The molecule has 2 nitrogen and oxygen atoms in total. The van der Waals surface area contributed by atoms with Crippen LogP contribution in [-0.4, -0.2) is 0 Å². The second-order valence-electron chi connectivity index (χ2n) is 3.61. The van der Waals surface area contributed by atoms with E-state index in [1.807, 2.05) is 0 Å². The Morgan fingerprint density at radius 2 is 1.72 bits per heavy atom. The summed E-state index contributed by atoms with van der Waals surface area (Å²) in [6, 6.07) is 6.97. The lowest BCUT2D eigenvalue weighted by molar-refractivity contribution is 0.589. The van der Waals surface area contributed by atoms with Gasteiger partial charge >= 0.3 is 0 Å². The summed E-state index contributed by atoms with van der Waals surface area (Å²) in [6.45, 7) is 0. The van der Waals surface area contributed by atoms with E-state index >= 15 is 0 Å². The minimum absolute atomic E-state index is 0.259. The van der Waals surface area contributed by atoms with Gasteiger partial charge < -0.3 is 11.1 Å². The molecule has 0 aliphatic carbocycles. The zero-order chi connectivity index (χ0) is 13.3. The monoisotopic (exact) mass is 332 g/mol. The van der Waals surface area contributed by atoms with E-state index in [2.05, 4.69) is 21.2 Å². The van der Waals surface area contributed by atoms with Gasteiger partial charge in [0, 0.05) is 10.2 Å². The van der Waals surface area contributed by atoms with E-state index in [9.17, 15) is 8.78 Å². The zero-order valence-corrected chi connectivity index (χ0v) is 11.3. The molecule has 18 heavy (non-hydrogen) atoms. The lowest BCUT2D eigenvalue weighted by Crippen LogP contribution is -1.99. The Morgan fingerprint density at radius 3 is 2.28 bits per heavy atom. The molecule has 0 saturated heterocycles. The molecule has 3 N–H and O–H groups in total. The molecule has 0 radical (unpaired) electrons. The molecule has 0 spiro atoms. The fourth-order valence-electron chi connectivity index (χ4n) is 1.43. The predicted octanol–water partition coefficient (Wildman–Crippen LogP) is 4.71. The zero-order valence-electron chi connectivity index (χ0n) is 8.98. The molecule has 0 bridgehead atoms. The third kappa shape index (κ3) is 2.73. The normalized spacial score (nSPS) is 10.4. The van der Waals surface area contributed by atoms with E-state index in [1.54, 1.807) is 12.1 Å². The Hall–Kier alpha value is -1.33. The van der Waals surface area contributed by atoms with E-state index in [4.69, 9.17) is 17.3 Å². The highest BCUT2D eigenvalue weighted by Gasteiger charge is 2.12. The number of hydrogen-bond donors (Lipinski definition) is 2. The summed E-state index contributed by atoms with van der Waals surface area (Å²) >= 11 is 8.92. The van der Waals surface area contributed by atoms with Gasteiger partial charge in [-0.1, -0.05) is 27.5 Å². The fraction of sp³-hybridized carbons (Fsp3) is 0. The lowest BCUT2D eigenvalue weighted by atomic mass is 10.2. The first-order valence-corrected chi connectivity index (χ1v) is 6.11. The van der Waals surface area contributed by atoms with Gasteiger partial charge in [0.1, 0.15) is 5.69 Å². The van der Waals surface area contributed by atoms with Crippen molar-refractivity contribution in [3.8, 4) is 0 Å². The molecule has 0 heterocycles. The first kappa shape index (κ1) is 13.1. The van der Waals surface area contributed by atoms with E-state index in [0.717, 1.165) is 12.1 Å². The van der Waals surface area contributed by atoms with Gasteiger partial charge in [-0.25, -0.2) is 8.78 Å². The van der Waals surface area contributed by atoms with Crippen molar-refractivity contribution in [2.75, 3.05) is 11.1 Å². The minimum atomic E-state index is -0.713. The van der Waals surface area contributed by atoms with Crippen LogP contribution < -0.4 is 11.1 Å². The fourth-order valence-corrected chi connectivity index (χ4v) is 2.07. The van der Waals surface area contributed by atoms with Gasteiger partial charge in [0.25, 0.3) is 0 Å². The number of rotatable bonds is 2. The van der Waals surface area contributed by atoms with E-state index < -0.39 is 11.6 Å². The number of nitrogens with one attached hydrogen (secondary N) is 1. The highest BCUT2D eigenvalue weighted by Crippen LogP contribution is 2.31. The van der Waals surface area contributed by atoms with E-state index in [-0.39, 0.29) is 10.7 Å². The summed E-state index contributed by atoms with van der Waals surface area (Å²) in [7, 11) is 0.